The Bertz CT molecular complexity index is 1310. The topological polar surface area (TPSA) is 83.0 Å². The molecule has 0 aromatic heterocycles. The molecule has 4 rings (SSSR count). The lowest BCUT2D eigenvalue weighted by atomic mass is 10.1. The maximum atomic E-state index is 12.8. The highest BCUT2D eigenvalue weighted by molar-refractivity contribution is 7.85. The number of quaternary nitrogens is 1. The Labute approximate surface area is 192 Å². The van der Waals surface area contributed by atoms with Crippen LogP contribution in [-0.4, -0.2) is 13.5 Å². The minimum Gasteiger partial charge on any atom is -0.506 e. The number of hydrogen-bond donors (Lipinski definition) is 3. The smallest absolute Gasteiger partial charge is 0.328 e. The highest BCUT2D eigenvalue weighted by atomic mass is 35.5. The van der Waals surface area contributed by atoms with Crippen molar-refractivity contribution in [3.63, 3.8) is 0 Å². The summed E-state index contributed by atoms with van der Waals surface area (Å²) in [5.74, 6) is 0.0359. The molecule has 4 N–H and O–H groups in total. The Morgan fingerprint density at radius 2 is 1.44 bits per heavy atom. The zero-order valence-corrected chi connectivity index (χ0v) is 18.6. The first-order valence-electron chi connectivity index (χ1n) is 9.98. The number of aromatic hydroxyl groups is 1. The molecule has 4 aromatic carbocycles. The third-order valence-corrected chi connectivity index (χ3v) is 6.86. The standard InChI is InChI=1S/C25H21ClN2O3S/c26-24-8-4-7-20(25(24)29)17-27-21-13-15-23(16-14-21)32(30,31)28-22-11-9-19(10-12-22)18-5-2-1-3-6-18/h1-16,27-29H,17H2/p+1. The molecule has 5 nitrogen and oxygen atoms in total. The van der Waals surface area contributed by atoms with Crippen molar-refractivity contribution in [2.24, 2.45) is 0 Å². The first-order chi connectivity index (χ1) is 15.4. The van der Waals surface area contributed by atoms with Crippen molar-refractivity contribution in [3.8, 4) is 16.9 Å². The quantitative estimate of drug-likeness (QED) is 0.339. The minimum absolute atomic E-state index is 0.0359. The lowest BCUT2D eigenvalue weighted by molar-refractivity contribution is -0.397. The van der Waals surface area contributed by atoms with E-state index in [1.54, 1.807) is 54.6 Å². The zero-order valence-electron chi connectivity index (χ0n) is 17.1. The zero-order chi connectivity index (χ0) is 22.6. The van der Waals surface area contributed by atoms with E-state index in [1.165, 1.54) is 4.72 Å². The van der Waals surface area contributed by atoms with Crippen LogP contribution in [0.1, 0.15) is 5.56 Å². The van der Waals surface area contributed by atoms with Crippen molar-refractivity contribution in [1.82, 2.24) is 0 Å². The first-order valence-corrected chi connectivity index (χ1v) is 11.9. The van der Waals surface area contributed by atoms with Gasteiger partial charge in [-0.15, -0.1) is 0 Å². The fourth-order valence-corrected chi connectivity index (χ4v) is 4.66. The summed E-state index contributed by atoms with van der Waals surface area (Å²) < 4.78 is 26.9. The molecule has 0 fully saturated rings. The van der Waals surface area contributed by atoms with Gasteiger partial charge in [0, 0.05) is 29.9 Å². The van der Waals surface area contributed by atoms with Crippen LogP contribution in [-0.2, 0) is 16.6 Å². The Hall–Kier alpha value is -3.32. The second kappa shape index (κ2) is 9.44. The monoisotopic (exact) mass is 465 g/mol. The number of halogens is 1. The fraction of sp³-hybridized carbons (Fsp3) is 0.0400. The molecule has 0 aliphatic rings. The van der Waals surface area contributed by atoms with Gasteiger partial charge in [0.05, 0.1) is 5.02 Å². The fourth-order valence-electron chi connectivity index (χ4n) is 3.29. The average molecular weight is 466 g/mol. The number of phenols is 1. The molecule has 0 saturated carbocycles. The lowest BCUT2D eigenvalue weighted by Crippen LogP contribution is -2.81. The summed E-state index contributed by atoms with van der Waals surface area (Å²) in [5, 5.41) is 13.4. The van der Waals surface area contributed by atoms with E-state index in [9.17, 15) is 13.5 Å². The van der Waals surface area contributed by atoms with E-state index in [4.69, 9.17) is 11.6 Å². The maximum absolute atomic E-state index is 12.8. The number of benzene rings is 4. The maximum Gasteiger partial charge on any atom is 0.328 e. The van der Waals surface area contributed by atoms with Crippen LogP contribution in [0.2, 0.25) is 5.02 Å². The van der Waals surface area contributed by atoms with Crippen LogP contribution in [0.15, 0.2) is 102 Å². The molecular weight excluding hydrogens is 444 g/mol. The number of anilines is 1. The van der Waals surface area contributed by atoms with Gasteiger partial charge < -0.3 is 10.4 Å². The van der Waals surface area contributed by atoms with Crippen molar-refractivity contribution < 1.29 is 18.2 Å². The summed E-state index contributed by atoms with van der Waals surface area (Å²) in [6, 6.07) is 29.0. The molecule has 0 bridgehead atoms. The summed E-state index contributed by atoms with van der Waals surface area (Å²) in [5.41, 5.74) is 4.11. The van der Waals surface area contributed by atoms with Gasteiger partial charge in [-0.3, -0.25) is 0 Å². The second-order valence-corrected chi connectivity index (χ2v) is 9.48. The van der Waals surface area contributed by atoms with Gasteiger partial charge in [0.25, 0.3) is 0 Å². The van der Waals surface area contributed by atoms with Crippen molar-refractivity contribution in [3.05, 3.63) is 108 Å². The van der Waals surface area contributed by atoms with E-state index in [0.717, 1.165) is 16.8 Å². The van der Waals surface area contributed by atoms with E-state index in [0.29, 0.717) is 17.8 Å². The van der Waals surface area contributed by atoms with E-state index in [-0.39, 0.29) is 15.7 Å². The summed E-state index contributed by atoms with van der Waals surface area (Å²) >= 11 is 5.92. The van der Waals surface area contributed by atoms with E-state index < -0.39 is 10.0 Å². The van der Waals surface area contributed by atoms with Crippen LogP contribution in [0.25, 0.3) is 11.1 Å². The van der Waals surface area contributed by atoms with Gasteiger partial charge in [-0.1, -0.05) is 54.1 Å². The van der Waals surface area contributed by atoms with Crippen LogP contribution >= 0.6 is 11.6 Å². The van der Waals surface area contributed by atoms with Gasteiger partial charge in [-0.05, 0) is 53.6 Å². The largest absolute Gasteiger partial charge is 0.506 e. The summed E-state index contributed by atoms with van der Waals surface area (Å²) in [4.78, 5) is 0.209. The van der Waals surface area contributed by atoms with Crippen LogP contribution < -0.4 is 10.0 Å². The molecule has 0 radical (unpaired) electrons. The minimum atomic E-state index is -3.60. The lowest BCUT2D eigenvalue weighted by Gasteiger charge is -2.10. The molecule has 0 saturated heterocycles. The molecule has 0 heterocycles. The third-order valence-electron chi connectivity index (χ3n) is 5.05. The highest BCUT2D eigenvalue weighted by Gasteiger charge is 2.19. The number of primary sulfonamides is 1. The van der Waals surface area contributed by atoms with Gasteiger partial charge in [0.1, 0.15) is 16.3 Å². The van der Waals surface area contributed by atoms with Crippen LogP contribution in [0.5, 0.6) is 5.75 Å². The van der Waals surface area contributed by atoms with Crippen molar-refractivity contribution in [2.45, 2.75) is 11.4 Å². The molecule has 0 spiro atoms. The van der Waals surface area contributed by atoms with Crippen LogP contribution in [0.3, 0.4) is 0 Å². The van der Waals surface area contributed by atoms with Crippen molar-refractivity contribution in [1.29, 1.82) is 0 Å². The summed E-state index contributed by atoms with van der Waals surface area (Å²) in [7, 11) is -3.60. The molecule has 0 aliphatic heterocycles. The normalized spacial score (nSPS) is 11.3. The highest BCUT2D eigenvalue weighted by Crippen LogP contribution is 2.27. The Morgan fingerprint density at radius 1 is 0.781 bits per heavy atom. The van der Waals surface area contributed by atoms with E-state index in [1.807, 2.05) is 42.5 Å². The average Bonchev–Trinajstić information content (AvgIpc) is 2.81. The second-order valence-electron chi connectivity index (χ2n) is 7.28. The van der Waals surface area contributed by atoms with Gasteiger partial charge in [-0.2, -0.15) is 8.42 Å². The Balaban J connectivity index is 1.42. The van der Waals surface area contributed by atoms with Crippen LogP contribution in [0.4, 0.5) is 11.4 Å². The van der Waals surface area contributed by atoms with Crippen molar-refractivity contribution >= 4 is 33.0 Å². The number of phenolic OH excluding ortho intramolecular Hbond substituents is 1. The van der Waals surface area contributed by atoms with E-state index >= 15 is 0 Å². The molecule has 162 valence electrons. The van der Waals surface area contributed by atoms with Crippen molar-refractivity contribution in [2.75, 3.05) is 5.32 Å². The predicted octanol–water partition coefficient (Wildman–Crippen LogP) is 4.91. The first kappa shape index (κ1) is 21.9. The van der Waals surface area contributed by atoms with Gasteiger partial charge >= 0.3 is 10.0 Å². The summed E-state index contributed by atoms with van der Waals surface area (Å²) in [6.45, 7) is 0.360. The molecule has 0 amide bonds. The molecule has 4 aromatic rings. The number of para-hydroxylation sites is 1. The number of nitrogens with one attached hydrogen (secondary N) is 1. The predicted molar refractivity (Wildman–Crippen MR) is 128 cm³/mol. The van der Waals surface area contributed by atoms with Gasteiger partial charge in [-0.25, -0.2) is 4.72 Å². The molecular formula is C25H22ClN2O3S+. The molecule has 0 aliphatic carbocycles. The third kappa shape index (κ3) is 5.11. The van der Waals surface area contributed by atoms with Gasteiger partial charge in [0.15, 0.2) is 0 Å². The summed E-state index contributed by atoms with van der Waals surface area (Å²) in [6.07, 6.45) is 0. The Morgan fingerprint density at radius 3 is 2.12 bits per heavy atom. The van der Waals surface area contributed by atoms with Gasteiger partial charge in [0.2, 0.25) is 0 Å². The SMILES string of the molecule is O=S(=O)([NH2+]c1ccc(-c2ccccc2)cc1)c1ccc(NCc2cccc(Cl)c2O)cc1. The number of hydrogen-bond acceptors (Lipinski definition) is 4. The number of rotatable bonds is 7. The number of sulfonamides is 1. The molecule has 7 heteroatoms. The van der Waals surface area contributed by atoms with E-state index in [2.05, 4.69) is 5.32 Å². The number of nitrogens with two attached hydrogens (primary N) is 1. The van der Waals surface area contributed by atoms with Crippen LogP contribution in [0, 0.1) is 0 Å². The Kier molecular flexibility index (Phi) is 6.46. The molecule has 0 unspecified atom stereocenters. The molecule has 0 atom stereocenters. The molecule has 32 heavy (non-hydrogen) atoms.